The summed E-state index contributed by atoms with van der Waals surface area (Å²) in [5, 5.41) is 6.13. The fourth-order valence-corrected chi connectivity index (χ4v) is 2.44. The fraction of sp³-hybridized carbons (Fsp3) is 0.267. The Kier molecular flexibility index (Phi) is 5.21. The molecule has 7 heteroatoms. The summed E-state index contributed by atoms with van der Waals surface area (Å²) in [5.41, 5.74) is 0.746. The normalized spacial score (nSPS) is 10.3. The largest absolute Gasteiger partial charge is 0.350 e. The van der Waals surface area contributed by atoms with Gasteiger partial charge in [-0.3, -0.25) is 9.59 Å². The van der Waals surface area contributed by atoms with Gasteiger partial charge >= 0.3 is 0 Å². The van der Waals surface area contributed by atoms with Crippen molar-refractivity contribution in [2.75, 3.05) is 13.1 Å². The van der Waals surface area contributed by atoms with E-state index in [1.54, 1.807) is 19.1 Å². The van der Waals surface area contributed by atoms with Crippen LogP contribution in [-0.2, 0) is 0 Å². The van der Waals surface area contributed by atoms with Crippen molar-refractivity contribution < 1.29 is 14.0 Å². The Morgan fingerprint density at radius 3 is 2.45 bits per heavy atom. The standard InChI is InChI=1S/C15H16FN3O2S/c1-9-3-4-11(7-12(9)16)14(20)17-5-6-18-15(21)13-8-19-10(2)22-13/h3-4,7-8H,5-6H2,1-2H3,(H,17,20)(H,18,21). The van der Waals surface area contributed by atoms with E-state index in [0.717, 1.165) is 5.01 Å². The summed E-state index contributed by atoms with van der Waals surface area (Å²) < 4.78 is 13.4. The van der Waals surface area contributed by atoms with Gasteiger partial charge in [0.2, 0.25) is 0 Å². The molecular weight excluding hydrogens is 305 g/mol. The molecular formula is C15H16FN3O2S. The van der Waals surface area contributed by atoms with Gasteiger partial charge in [0.25, 0.3) is 11.8 Å². The first-order valence-corrected chi connectivity index (χ1v) is 7.54. The molecule has 116 valence electrons. The van der Waals surface area contributed by atoms with Crippen molar-refractivity contribution in [2.45, 2.75) is 13.8 Å². The van der Waals surface area contributed by atoms with Gasteiger partial charge in [-0.05, 0) is 31.5 Å². The Balaban J connectivity index is 1.77. The van der Waals surface area contributed by atoms with E-state index in [2.05, 4.69) is 15.6 Å². The number of hydrogen-bond donors (Lipinski definition) is 2. The summed E-state index contributed by atoms with van der Waals surface area (Å²) in [6.45, 7) is 4.00. The van der Waals surface area contributed by atoms with Gasteiger partial charge in [0, 0.05) is 18.7 Å². The summed E-state index contributed by atoms with van der Waals surface area (Å²) in [7, 11) is 0. The number of halogens is 1. The Morgan fingerprint density at radius 1 is 1.18 bits per heavy atom. The lowest BCUT2D eigenvalue weighted by Gasteiger charge is -2.07. The Hall–Kier alpha value is -2.28. The quantitative estimate of drug-likeness (QED) is 0.828. The summed E-state index contributed by atoms with van der Waals surface area (Å²) >= 11 is 1.31. The van der Waals surface area contributed by atoms with Gasteiger partial charge in [-0.25, -0.2) is 9.37 Å². The highest BCUT2D eigenvalue weighted by atomic mass is 32.1. The maximum atomic E-state index is 13.4. The number of aromatic nitrogens is 1. The van der Waals surface area contributed by atoms with Crippen molar-refractivity contribution in [3.63, 3.8) is 0 Å². The van der Waals surface area contributed by atoms with Crippen molar-refractivity contribution in [2.24, 2.45) is 0 Å². The van der Waals surface area contributed by atoms with E-state index >= 15 is 0 Å². The molecule has 0 aliphatic rings. The topological polar surface area (TPSA) is 71.1 Å². The van der Waals surface area contributed by atoms with Crippen LogP contribution in [0.1, 0.15) is 30.6 Å². The number of carbonyl (C=O) groups is 2. The molecule has 2 aromatic rings. The first-order valence-electron chi connectivity index (χ1n) is 6.72. The molecule has 5 nitrogen and oxygen atoms in total. The number of rotatable bonds is 5. The Labute approximate surface area is 131 Å². The first-order chi connectivity index (χ1) is 10.5. The molecule has 2 amide bonds. The molecule has 2 rings (SSSR count). The van der Waals surface area contributed by atoms with Crippen LogP contribution < -0.4 is 10.6 Å². The summed E-state index contributed by atoms with van der Waals surface area (Å²) in [5.74, 6) is -1.01. The molecule has 0 saturated carbocycles. The van der Waals surface area contributed by atoms with Crippen LogP contribution in [0.4, 0.5) is 4.39 Å². The van der Waals surface area contributed by atoms with Crippen LogP contribution in [0.5, 0.6) is 0 Å². The van der Waals surface area contributed by atoms with E-state index in [-0.39, 0.29) is 30.5 Å². The molecule has 1 aromatic carbocycles. The van der Waals surface area contributed by atoms with Gasteiger partial charge in [0.15, 0.2) is 0 Å². The number of aryl methyl sites for hydroxylation is 2. The fourth-order valence-electron chi connectivity index (χ4n) is 1.74. The summed E-state index contributed by atoms with van der Waals surface area (Å²) in [6, 6.07) is 4.31. The molecule has 0 radical (unpaired) electrons. The van der Waals surface area contributed by atoms with Crippen LogP contribution in [0.2, 0.25) is 0 Å². The number of thiazole rings is 1. The second kappa shape index (κ2) is 7.13. The smallest absolute Gasteiger partial charge is 0.263 e. The molecule has 0 spiro atoms. The molecule has 0 aliphatic carbocycles. The zero-order valence-corrected chi connectivity index (χ0v) is 13.1. The van der Waals surface area contributed by atoms with Crippen molar-refractivity contribution in [1.29, 1.82) is 0 Å². The van der Waals surface area contributed by atoms with Crippen LogP contribution >= 0.6 is 11.3 Å². The molecule has 0 atom stereocenters. The van der Waals surface area contributed by atoms with Gasteiger partial charge in [-0.1, -0.05) is 6.07 Å². The highest BCUT2D eigenvalue weighted by molar-refractivity contribution is 7.13. The molecule has 0 unspecified atom stereocenters. The average molecular weight is 321 g/mol. The van der Waals surface area contributed by atoms with E-state index in [1.807, 2.05) is 6.92 Å². The molecule has 0 bridgehead atoms. The molecule has 0 saturated heterocycles. The lowest BCUT2D eigenvalue weighted by atomic mass is 10.1. The molecule has 1 aromatic heterocycles. The second-order valence-electron chi connectivity index (χ2n) is 4.72. The van der Waals surface area contributed by atoms with Crippen molar-refractivity contribution in [3.8, 4) is 0 Å². The van der Waals surface area contributed by atoms with Gasteiger partial charge in [-0.2, -0.15) is 0 Å². The van der Waals surface area contributed by atoms with Crippen LogP contribution in [0.3, 0.4) is 0 Å². The van der Waals surface area contributed by atoms with E-state index in [1.165, 1.54) is 23.6 Å². The van der Waals surface area contributed by atoms with E-state index < -0.39 is 5.82 Å². The summed E-state index contributed by atoms with van der Waals surface area (Å²) in [4.78, 5) is 28.1. The number of carbonyl (C=O) groups excluding carboxylic acids is 2. The minimum atomic E-state index is -0.415. The number of nitrogens with one attached hydrogen (secondary N) is 2. The Morgan fingerprint density at radius 2 is 1.86 bits per heavy atom. The van der Waals surface area contributed by atoms with E-state index in [9.17, 15) is 14.0 Å². The molecule has 0 aliphatic heterocycles. The van der Waals surface area contributed by atoms with Crippen molar-refractivity contribution >= 4 is 23.2 Å². The minimum Gasteiger partial charge on any atom is -0.350 e. The highest BCUT2D eigenvalue weighted by Gasteiger charge is 2.10. The maximum absolute atomic E-state index is 13.4. The Bertz CT molecular complexity index is 700. The number of amides is 2. The lowest BCUT2D eigenvalue weighted by Crippen LogP contribution is -2.34. The predicted octanol–water partition coefficient (Wildman–Crippen LogP) is 2.06. The zero-order chi connectivity index (χ0) is 16.1. The molecule has 22 heavy (non-hydrogen) atoms. The highest BCUT2D eigenvalue weighted by Crippen LogP contribution is 2.11. The summed E-state index contributed by atoms with van der Waals surface area (Å²) in [6.07, 6.45) is 1.52. The van der Waals surface area contributed by atoms with Gasteiger partial charge in [0.05, 0.1) is 11.2 Å². The van der Waals surface area contributed by atoms with Gasteiger partial charge in [-0.15, -0.1) is 11.3 Å². The van der Waals surface area contributed by atoms with Crippen LogP contribution in [0, 0.1) is 19.7 Å². The van der Waals surface area contributed by atoms with Crippen LogP contribution in [-0.4, -0.2) is 29.9 Å². The lowest BCUT2D eigenvalue weighted by molar-refractivity contribution is 0.0929. The van der Waals surface area contributed by atoms with Crippen LogP contribution in [0.15, 0.2) is 24.4 Å². The van der Waals surface area contributed by atoms with Crippen molar-refractivity contribution in [3.05, 3.63) is 51.2 Å². The zero-order valence-electron chi connectivity index (χ0n) is 12.3. The number of nitrogens with zero attached hydrogens (tertiary/aromatic N) is 1. The second-order valence-corrected chi connectivity index (χ2v) is 5.95. The molecule has 1 heterocycles. The first kappa shape index (κ1) is 16.1. The maximum Gasteiger partial charge on any atom is 0.263 e. The third-order valence-electron chi connectivity index (χ3n) is 2.98. The van der Waals surface area contributed by atoms with Crippen molar-refractivity contribution in [1.82, 2.24) is 15.6 Å². The van der Waals surface area contributed by atoms with Crippen LogP contribution in [0.25, 0.3) is 0 Å². The van der Waals surface area contributed by atoms with Gasteiger partial charge in [0.1, 0.15) is 10.7 Å². The van der Waals surface area contributed by atoms with E-state index in [4.69, 9.17) is 0 Å². The van der Waals surface area contributed by atoms with Gasteiger partial charge < -0.3 is 10.6 Å². The average Bonchev–Trinajstić information content (AvgIpc) is 2.92. The molecule has 0 fully saturated rings. The third-order valence-corrected chi connectivity index (χ3v) is 3.89. The number of hydrogen-bond acceptors (Lipinski definition) is 4. The number of benzene rings is 1. The predicted molar refractivity (Wildman–Crippen MR) is 82.7 cm³/mol. The monoisotopic (exact) mass is 321 g/mol. The molecule has 2 N–H and O–H groups in total. The minimum absolute atomic E-state index is 0.221. The SMILES string of the molecule is Cc1ncc(C(=O)NCCNC(=O)c2ccc(C)c(F)c2)s1. The third kappa shape index (κ3) is 4.11. The van der Waals surface area contributed by atoms with E-state index in [0.29, 0.717) is 10.4 Å².